The molecule has 0 unspecified atom stereocenters. The number of amides is 2. The maximum absolute atomic E-state index is 14.2. The molecule has 252 valence electrons. The molecule has 12 heteroatoms. The molecule has 5 rings (SSSR count). The van der Waals surface area contributed by atoms with Crippen molar-refractivity contribution in [2.24, 2.45) is 0 Å². The molecule has 2 amide bonds. The molecular weight excluding hydrogens is 661 g/mol. The average Bonchev–Trinajstić information content (AvgIpc) is 3.06. The quantitative estimate of drug-likeness (QED) is 0.221. The number of hydrogen-bond donors (Lipinski definition) is 1. The summed E-state index contributed by atoms with van der Waals surface area (Å²) in [5, 5.41) is 4.01. The van der Waals surface area contributed by atoms with Crippen molar-refractivity contribution in [2.75, 3.05) is 30.3 Å². The van der Waals surface area contributed by atoms with Crippen molar-refractivity contribution >= 4 is 50.7 Å². The number of nitrogens with one attached hydrogen (secondary N) is 1. The van der Waals surface area contributed by atoms with Crippen LogP contribution in [-0.4, -0.2) is 63.2 Å². The van der Waals surface area contributed by atoms with E-state index in [4.69, 9.17) is 32.7 Å². The maximum atomic E-state index is 14.2. The van der Waals surface area contributed by atoms with Crippen LogP contribution in [0.4, 0.5) is 5.69 Å². The van der Waals surface area contributed by atoms with Crippen LogP contribution in [0.5, 0.6) is 11.5 Å². The van der Waals surface area contributed by atoms with E-state index in [1.807, 2.05) is 30.3 Å². The van der Waals surface area contributed by atoms with Gasteiger partial charge in [0, 0.05) is 53.6 Å². The molecule has 47 heavy (non-hydrogen) atoms. The maximum Gasteiger partial charge on any atom is 0.243 e. The molecule has 0 aromatic heterocycles. The second-order valence-electron chi connectivity index (χ2n) is 12.0. The summed E-state index contributed by atoms with van der Waals surface area (Å²) in [6, 6.07) is 18.9. The fraction of sp³-hybridized carbons (Fsp3) is 0.429. The van der Waals surface area contributed by atoms with Crippen LogP contribution in [0.25, 0.3) is 0 Å². The summed E-state index contributed by atoms with van der Waals surface area (Å²) < 4.78 is 38.3. The van der Waals surface area contributed by atoms with Gasteiger partial charge < -0.3 is 19.7 Å². The zero-order valence-electron chi connectivity index (χ0n) is 26.5. The Bertz CT molecular complexity index is 1630. The highest BCUT2D eigenvalue weighted by molar-refractivity contribution is 7.92. The van der Waals surface area contributed by atoms with Gasteiger partial charge in [-0.05, 0) is 49.1 Å². The first kappa shape index (κ1) is 34.9. The van der Waals surface area contributed by atoms with Gasteiger partial charge in [-0.15, -0.1) is 0 Å². The molecule has 1 fully saturated rings. The topological polar surface area (TPSA) is 105 Å². The third-order valence-electron chi connectivity index (χ3n) is 8.58. The van der Waals surface area contributed by atoms with Crippen LogP contribution in [0.1, 0.15) is 56.1 Å². The van der Waals surface area contributed by atoms with Crippen LogP contribution in [-0.2, 0) is 32.6 Å². The molecule has 9 nitrogen and oxygen atoms in total. The Morgan fingerprint density at radius 2 is 1.60 bits per heavy atom. The third kappa shape index (κ3) is 9.33. The van der Waals surface area contributed by atoms with Crippen LogP contribution >= 0.6 is 23.2 Å². The average molecular weight is 703 g/mol. The number of sulfonamides is 1. The second-order valence-corrected chi connectivity index (χ2v) is 14.8. The summed E-state index contributed by atoms with van der Waals surface area (Å²) in [7, 11) is -3.70. The zero-order valence-corrected chi connectivity index (χ0v) is 28.8. The summed E-state index contributed by atoms with van der Waals surface area (Å²) in [4.78, 5) is 29.8. The minimum atomic E-state index is -3.70. The molecule has 1 saturated carbocycles. The number of anilines is 1. The molecule has 1 aliphatic carbocycles. The van der Waals surface area contributed by atoms with Crippen molar-refractivity contribution in [3.05, 3.63) is 87.9 Å². The van der Waals surface area contributed by atoms with E-state index < -0.39 is 16.1 Å². The Labute approximate surface area is 287 Å². The van der Waals surface area contributed by atoms with Crippen LogP contribution in [0.15, 0.2) is 66.7 Å². The van der Waals surface area contributed by atoms with E-state index in [9.17, 15) is 18.0 Å². The fourth-order valence-corrected chi connectivity index (χ4v) is 7.62. The monoisotopic (exact) mass is 701 g/mol. The number of nitrogens with zero attached hydrogens (tertiary/aromatic N) is 2. The summed E-state index contributed by atoms with van der Waals surface area (Å²) in [6.45, 7) is 0.852. The molecule has 0 spiro atoms. The summed E-state index contributed by atoms with van der Waals surface area (Å²) in [5.41, 5.74) is 1.86. The van der Waals surface area contributed by atoms with E-state index in [2.05, 4.69) is 5.32 Å². The molecular formula is C35H41Cl2N3O6S. The first-order chi connectivity index (χ1) is 22.6. The van der Waals surface area contributed by atoms with E-state index in [0.717, 1.165) is 43.9 Å². The number of ether oxygens (including phenoxy) is 2. The lowest BCUT2D eigenvalue weighted by Gasteiger charge is -2.34. The first-order valence-electron chi connectivity index (χ1n) is 16.0. The Morgan fingerprint density at radius 3 is 2.28 bits per heavy atom. The lowest BCUT2D eigenvalue weighted by molar-refractivity contribution is -0.141. The van der Waals surface area contributed by atoms with Gasteiger partial charge >= 0.3 is 0 Å². The fourth-order valence-electron chi connectivity index (χ4n) is 6.14. The third-order valence-corrected chi connectivity index (χ3v) is 10.5. The van der Waals surface area contributed by atoms with Gasteiger partial charge in [-0.2, -0.15) is 0 Å². The minimum Gasteiger partial charge on any atom is -0.486 e. The number of fused-ring (bicyclic) bond motifs is 1. The van der Waals surface area contributed by atoms with Crippen molar-refractivity contribution in [1.29, 1.82) is 0 Å². The molecule has 3 aromatic rings. The molecule has 1 N–H and O–H groups in total. The zero-order chi connectivity index (χ0) is 33.4. The predicted molar refractivity (Wildman–Crippen MR) is 185 cm³/mol. The van der Waals surface area contributed by atoms with Crippen molar-refractivity contribution in [1.82, 2.24) is 10.2 Å². The lowest BCUT2D eigenvalue weighted by atomic mass is 9.94. The van der Waals surface area contributed by atoms with Gasteiger partial charge in [0.1, 0.15) is 19.3 Å². The van der Waals surface area contributed by atoms with Crippen molar-refractivity contribution in [3.8, 4) is 11.5 Å². The van der Waals surface area contributed by atoms with Gasteiger partial charge in [0.15, 0.2) is 11.5 Å². The molecule has 1 aliphatic heterocycles. The number of hydrogen-bond acceptors (Lipinski definition) is 6. The van der Waals surface area contributed by atoms with Gasteiger partial charge in [0.05, 0.1) is 11.9 Å². The highest BCUT2D eigenvalue weighted by Crippen LogP contribution is 2.35. The van der Waals surface area contributed by atoms with Crippen molar-refractivity contribution < 1.29 is 27.5 Å². The van der Waals surface area contributed by atoms with Crippen molar-refractivity contribution in [3.63, 3.8) is 0 Å². The van der Waals surface area contributed by atoms with Crippen LogP contribution in [0.3, 0.4) is 0 Å². The number of carbonyl (C=O) groups is 2. The smallest absolute Gasteiger partial charge is 0.243 e. The van der Waals surface area contributed by atoms with Gasteiger partial charge in [-0.3, -0.25) is 13.9 Å². The first-order valence-corrected chi connectivity index (χ1v) is 18.6. The highest BCUT2D eigenvalue weighted by Gasteiger charge is 2.33. The number of benzene rings is 3. The molecule has 0 bridgehead atoms. The van der Waals surface area contributed by atoms with E-state index in [0.29, 0.717) is 52.4 Å². The summed E-state index contributed by atoms with van der Waals surface area (Å²) in [6.07, 6.45) is 6.65. The standard InChI is InChI=1S/C35H41Cl2N3O6S/c1-47(43,44)40(27-17-18-32-33(23-27)46-21-20-45-32)19-9-16-34(41)39(24-28-29(36)14-8-15-30(28)37)31(22-25-10-4-2-5-11-25)35(42)38-26-12-6-3-7-13-26/h2,4-5,8,10-11,14-15,17-18,23,26,31H,3,6-7,9,12-13,16,19-22,24H2,1H3,(H,38,42)/t31-/m1/s1. The van der Waals surface area contributed by atoms with Gasteiger partial charge in [0.25, 0.3) is 0 Å². The van der Waals surface area contributed by atoms with E-state index in [1.54, 1.807) is 41.3 Å². The van der Waals surface area contributed by atoms with E-state index in [-0.39, 0.29) is 43.8 Å². The van der Waals surface area contributed by atoms with Gasteiger partial charge in [-0.25, -0.2) is 8.42 Å². The normalized spacial score (nSPS) is 15.5. The highest BCUT2D eigenvalue weighted by atomic mass is 35.5. The van der Waals surface area contributed by atoms with Crippen molar-refractivity contribution in [2.45, 2.75) is 70.0 Å². The Hall–Kier alpha value is -3.47. The molecule has 0 saturated heterocycles. The summed E-state index contributed by atoms with van der Waals surface area (Å²) >= 11 is 13.2. The second kappa shape index (κ2) is 16.1. The molecule has 1 heterocycles. The summed E-state index contributed by atoms with van der Waals surface area (Å²) in [5.74, 6) is 0.477. The van der Waals surface area contributed by atoms with Crippen LogP contribution in [0, 0.1) is 0 Å². The largest absolute Gasteiger partial charge is 0.486 e. The van der Waals surface area contributed by atoms with E-state index >= 15 is 0 Å². The minimum absolute atomic E-state index is 0.0133. The molecule has 1 atom stereocenters. The number of carbonyl (C=O) groups excluding carboxylic acids is 2. The van der Waals surface area contributed by atoms with Crippen LogP contribution in [0.2, 0.25) is 10.0 Å². The Balaban J connectivity index is 1.40. The van der Waals surface area contributed by atoms with Crippen LogP contribution < -0.4 is 19.1 Å². The van der Waals surface area contributed by atoms with Gasteiger partial charge in [-0.1, -0.05) is 78.9 Å². The Kier molecular flexibility index (Phi) is 11.9. The predicted octanol–water partition coefficient (Wildman–Crippen LogP) is 6.40. The molecule has 0 radical (unpaired) electrons. The lowest BCUT2D eigenvalue weighted by Crippen LogP contribution is -2.53. The van der Waals surface area contributed by atoms with E-state index in [1.165, 1.54) is 4.31 Å². The molecule has 3 aromatic carbocycles. The number of rotatable bonds is 13. The number of halogens is 2. The molecule has 2 aliphatic rings. The Morgan fingerprint density at radius 1 is 0.915 bits per heavy atom. The SMILES string of the molecule is CS(=O)(=O)N(CCCC(=O)N(Cc1c(Cl)cccc1Cl)[C@H](Cc1ccccc1)C(=O)NC1CCCCC1)c1ccc2c(c1)OCCO2. The van der Waals surface area contributed by atoms with Gasteiger partial charge in [0.2, 0.25) is 21.8 Å².